The highest BCUT2D eigenvalue weighted by Gasteiger charge is 2.11. The molecule has 0 aliphatic carbocycles. The fourth-order valence-electron chi connectivity index (χ4n) is 3.86. The summed E-state index contributed by atoms with van der Waals surface area (Å²) in [6.45, 7) is -0.205. The Hall–Kier alpha value is -5.24. The van der Waals surface area contributed by atoms with Crippen LogP contribution >= 0.6 is 0 Å². The van der Waals surface area contributed by atoms with Gasteiger partial charge in [-0.2, -0.15) is 0 Å². The zero-order chi connectivity index (χ0) is 29.6. The zero-order valence-corrected chi connectivity index (χ0v) is 22.9. The third kappa shape index (κ3) is 9.16. The van der Waals surface area contributed by atoms with Crippen LogP contribution < -0.4 is 9.47 Å². The number of rotatable bonds is 15. The highest BCUT2D eigenvalue weighted by Crippen LogP contribution is 2.17. The summed E-state index contributed by atoms with van der Waals surface area (Å²) < 4.78 is 21.2. The Morgan fingerprint density at radius 3 is 1.12 bits per heavy atom. The molecule has 0 saturated carbocycles. The molecule has 0 fully saturated rings. The standard InChI is InChI=1S/C34H30O8/c35-31(23-41-29-17-13-27(14-18-29)33(37)25-9-3-1-4-10-25)39-21-7-8-22-40-32(36)24-42-30-19-15-28(16-20-30)34(38)26-11-5-2-6-12-26/h1-6,9-20H,7-8,21-24H2. The Morgan fingerprint density at radius 1 is 0.429 bits per heavy atom. The summed E-state index contributed by atoms with van der Waals surface area (Å²) in [7, 11) is 0. The van der Waals surface area contributed by atoms with Crippen LogP contribution in [0.4, 0.5) is 0 Å². The summed E-state index contributed by atoms with van der Waals surface area (Å²) in [5, 5.41) is 0. The van der Waals surface area contributed by atoms with E-state index in [2.05, 4.69) is 0 Å². The van der Waals surface area contributed by atoms with E-state index in [1.165, 1.54) is 0 Å². The van der Waals surface area contributed by atoms with Crippen molar-refractivity contribution in [3.05, 3.63) is 131 Å². The Balaban J connectivity index is 1.04. The van der Waals surface area contributed by atoms with Gasteiger partial charge in [0, 0.05) is 22.3 Å². The molecule has 0 N–H and O–H groups in total. The SMILES string of the molecule is O=C(COc1ccc(C(=O)c2ccccc2)cc1)OCCCCOC(=O)COc1ccc(C(=O)c2ccccc2)cc1. The smallest absolute Gasteiger partial charge is 0.344 e. The quantitative estimate of drug-likeness (QED) is 0.106. The van der Waals surface area contributed by atoms with Crippen molar-refractivity contribution in [3.63, 3.8) is 0 Å². The van der Waals surface area contributed by atoms with Gasteiger partial charge in [-0.3, -0.25) is 9.59 Å². The van der Waals surface area contributed by atoms with Crippen LogP contribution in [-0.2, 0) is 19.1 Å². The lowest BCUT2D eigenvalue weighted by atomic mass is 10.0. The molecule has 0 radical (unpaired) electrons. The van der Waals surface area contributed by atoms with Gasteiger partial charge in [0.1, 0.15) is 11.5 Å². The zero-order valence-electron chi connectivity index (χ0n) is 22.9. The number of benzene rings is 4. The largest absolute Gasteiger partial charge is 0.482 e. The molecule has 4 aromatic carbocycles. The van der Waals surface area contributed by atoms with Gasteiger partial charge in [-0.25, -0.2) is 9.59 Å². The van der Waals surface area contributed by atoms with Crippen LogP contribution in [0.2, 0.25) is 0 Å². The molecule has 0 bridgehead atoms. The van der Waals surface area contributed by atoms with E-state index in [0.717, 1.165) is 0 Å². The van der Waals surface area contributed by atoms with Crippen LogP contribution in [0.25, 0.3) is 0 Å². The maximum absolute atomic E-state index is 12.5. The molecule has 214 valence electrons. The van der Waals surface area contributed by atoms with Gasteiger partial charge in [0.2, 0.25) is 0 Å². The lowest BCUT2D eigenvalue weighted by Gasteiger charge is -2.09. The first-order chi connectivity index (χ1) is 20.5. The summed E-state index contributed by atoms with van der Waals surface area (Å²) in [6.07, 6.45) is 1.01. The average Bonchev–Trinajstić information content (AvgIpc) is 3.05. The van der Waals surface area contributed by atoms with Crippen LogP contribution in [0.15, 0.2) is 109 Å². The first kappa shape index (κ1) is 29.7. The van der Waals surface area contributed by atoms with Gasteiger partial charge in [0.15, 0.2) is 24.8 Å². The summed E-state index contributed by atoms with van der Waals surface area (Å²) >= 11 is 0. The van der Waals surface area contributed by atoms with Crippen LogP contribution in [0.1, 0.15) is 44.7 Å². The van der Waals surface area contributed by atoms with E-state index in [1.807, 2.05) is 12.1 Å². The minimum absolute atomic E-state index is 0.0945. The van der Waals surface area contributed by atoms with Crippen LogP contribution in [-0.4, -0.2) is 49.9 Å². The maximum Gasteiger partial charge on any atom is 0.344 e. The second-order valence-electron chi connectivity index (χ2n) is 9.16. The molecule has 0 amide bonds. The number of hydrogen-bond acceptors (Lipinski definition) is 8. The topological polar surface area (TPSA) is 105 Å². The van der Waals surface area contributed by atoms with E-state index in [0.29, 0.717) is 46.6 Å². The Labute approximate surface area is 243 Å². The molecule has 0 heterocycles. The molecule has 0 aromatic heterocycles. The van der Waals surface area contributed by atoms with Crippen LogP contribution in [0, 0.1) is 0 Å². The molecule has 0 spiro atoms. The van der Waals surface area contributed by atoms with Crippen molar-refractivity contribution in [3.8, 4) is 11.5 Å². The number of hydrogen-bond donors (Lipinski definition) is 0. The van der Waals surface area contributed by atoms with E-state index in [-0.39, 0.29) is 38.0 Å². The summed E-state index contributed by atoms with van der Waals surface area (Å²) in [5.74, 6) is -0.349. The van der Waals surface area contributed by atoms with E-state index in [1.54, 1.807) is 97.1 Å². The van der Waals surface area contributed by atoms with Crippen molar-refractivity contribution >= 4 is 23.5 Å². The first-order valence-electron chi connectivity index (χ1n) is 13.5. The lowest BCUT2D eigenvalue weighted by molar-refractivity contribution is -0.148. The Kier molecular flexibility index (Phi) is 11.0. The van der Waals surface area contributed by atoms with Crippen LogP contribution in [0.3, 0.4) is 0 Å². The average molecular weight is 567 g/mol. The van der Waals surface area contributed by atoms with Crippen molar-refractivity contribution in [2.24, 2.45) is 0 Å². The fraction of sp³-hybridized carbons (Fsp3) is 0.176. The molecule has 0 aliphatic heterocycles. The van der Waals surface area contributed by atoms with Gasteiger partial charge < -0.3 is 18.9 Å². The van der Waals surface area contributed by atoms with E-state index in [9.17, 15) is 19.2 Å². The van der Waals surface area contributed by atoms with Gasteiger partial charge in [-0.15, -0.1) is 0 Å². The number of carbonyl (C=O) groups is 4. The molecular weight excluding hydrogens is 536 g/mol. The van der Waals surface area contributed by atoms with Gasteiger partial charge in [-0.05, 0) is 61.4 Å². The molecular formula is C34H30O8. The summed E-state index contributed by atoms with van der Waals surface area (Å²) in [6, 6.07) is 31.0. The molecule has 0 saturated heterocycles. The molecule has 42 heavy (non-hydrogen) atoms. The predicted molar refractivity (Wildman–Crippen MR) is 155 cm³/mol. The number of ether oxygens (including phenoxy) is 4. The van der Waals surface area contributed by atoms with Gasteiger partial charge in [0.05, 0.1) is 13.2 Å². The molecule has 0 atom stereocenters. The number of unbranched alkanes of at least 4 members (excludes halogenated alkanes) is 1. The number of ketones is 2. The molecule has 0 unspecified atom stereocenters. The lowest BCUT2D eigenvalue weighted by Crippen LogP contribution is -2.17. The van der Waals surface area contributed by atoms with E-state index in [4.69, 9.17) is 18.9 Å². The molecule has 0 aliphatic rings. The molecule has 8 nitrogen and oxygen atoms in total. The van der Waals surface area contributed by atoms with Crippen molar-refractivity contribution in [2.45, 2.75) is 12.8 Å². The third-order valence-corrected chi connectivity index (χ3v) is 6.08. The van der Waals surface area contributed by atoms with Gasteiger partial charge in [-0.1, -0.05) is 60.7 Å². The Morgan fingerprint density at radius 2 is 0.762 bits per heavy atom. The minimum Gasteiger partial charge on any atom is -0.482 e. The maximum atomic E-state index is 12.5. The van der Waals surface area contributed by atoms with Crippen molar-refractivity contribution in [1.29, 1.82) is 0 Å². The second kappa shape index (κ2) is 15.5. The molecule has 4 aromatic rings. The summed E-state index contributed by atoms with van der Waals surface area (Å²) in [4.78, 5) is 48.8. The van der Waals surface area contributed by atoms with Crippen molar-refractivity contribution < 1.29 is 38.1 Å². The molecule has 4 rings (SSSR count). The first-order valence-corrected chi connectivity index (χ1v) is 13.5. The Bertz CT molecular complexity index is 1350. The van der Waals surface area contributed by atoms with Crippen molar-refractivity contribution in [2.75, 3.05) is 26.4 Å². The van der Waals surface area contributed by atoms with E-state index < -0.39 is 11.9 Å². The third-order valence-electron chi connectivity index (χ3n) is 6.08. The number of carbonyl (C=O) groups excluding carboxylic acids is 4. The van der Waals surface area contributed by atoms with Gasteiger partial charge >= 0.3 is 11.9 Å². The van der Waals surface area contributed by atoms with Gasteiger partial charge in [0.25, 0.3) is 0 Å². The number of esters is 2. The van der Waals surface area contributed by atoms with E-state index >= 15 is 0 Å². The summed E-state index contributed by atoms with van der Waals surface area (Å²) in [5.41, 5.74) is 2.24. The van der Waals surface area contributed by atoms with Crippen LogP contribution in [0.5, 0.6) is 11.5 Å². The monoisotopic (exact) mass is 566 g/mol. The minimum atomic E-state index is -0.527. The predicted octanol–water partition coefficient (Wildman–Crippen LogP) is 5.47. The highest BCUT2D eigenvalue weighted by atomic mass is 16.6. The van der Waals surface area contributed by atoms with Crippen molar-refractivity contribution in [1.82, 2.24) is 0 Å². The fourth-order valence-corrected chi connectivity index (χ4v) is 3.86. The molecule has 8 heteroatoms. The normalized spacial score (nSPS) is 10.4. The highest BCUT2D eigenvalue weighted by molar-refractivity contribution is 6.09. The second-order valence-corrected chi connectivity index (χ2v) is 9.16.